The van der Waals surface area contributed by atoms with Crippen molar-refractivity contribution in [3.05, 3.63) is 25.3 Å². The highest BCUT2D eigenvalue weighted by Gasteiger charge is 2.07. The van der Waals surface area contributed by atoms with E-state index in [2.05, 4.69) is 22.2 Å². The van der Waals surface area contributed by atoms with Gasteiger partial charge in [-0.25, -0.2) is 14.2 Å². The van der Waals surface area contributed by atoms with Gasteiger partial charge in [0, 0.05) is 12.2 Å². The summed E-state index contributed by atoms with van der Waals surface area (Å²) in [6.45, 7) is 6.11. The standard InChI is InChI=1S/C6H7O5P/c1-3-5(7)10-12(9)11-6(8)4-2/h3-4,12H,1-2H2. The molecule has 0 aliphatic carbocycles. The zero-order valence-electron chi connectivity index (χ0n) is 6.11. The van der Waals surface area contributed by atoms with Crippen LogP contribution in [0.1, 0.15) is 0 Å². The molecule has 0 radical (unpaired) electrons. The van der Waals surface area contributed by atoms with Gasteiger partial charge < -0.3 is 9.05 Å². The number of hydrogen-bond donors (Lipinski definition) is 0. The summed E-state index contributed by atoms with van der Waals surface area (Å²) in [5.41, 5.74) is 0. The Morgan fingerprint density at radius 2 is 1.42 bits per heavy atom. The molecule has 0 fully saturated rings. The average molecular weight is 190 g/mol. The van der Waals surface area contributed by atoms with Crippen LogP contribution in [0.4, 0.5) is 0 Å². The van der Waals surface area contributed by atoms with E-state index in [1.54, 1.807) is 0 Å². The van der Waals surface area contributed by atoms with E-state index in [0.717, 1.165) is 12.2 Å². The number of carbonyl (C=O) groups excluding carboxylic acids is 2. The van der Waals surface area contributed by atoms with Crippen LogP contribution in [0.2, 0.25) is 0 Å². The Balaban J connectivity index is 3.89. The van der Waals surface area contributed by atoms with Gasteiger partial charge in [0.25, 0.3) is 0 Å². The molecule has 66 valence electrons. The number of rotatable bonds is 4. The molecular formula is C6H7O5P. The van der Waals surface area contributed by atoms with Crippen LogP contribution >= 0.6 is 8.25 Å². The van der Waals surface area contributed by atoms with Gasteiger partial charge in [-0.3, -0.25) is 0 Å². The lowest BCUT2D eigenvalue weighted by Gasteiger charge is -1.99. The van der Waals surface area contributed by atoms with E-state index in [0.29, 0.717) is 0 Å². The molecule has 0 spiro atoms. The summed E-state index contributed by atoms with van der Waals surface area (Å²) in [6, 6.07) is 0. The Morgan fingerprint density at radius 1 is 1.08 bits per heavy atom. The smallest absolute Gasteiger partial charge is 0.382 e. The second-order valence-electron chi connectivity index (χ2n) is 1.50. The fraction of sp³-hybridized carbons (Fsp3) is 0. The minimum Gasteiger partial charge on any atom is -0.382 e. The van der Waals surface area contributed by atoms with Crippen LogP contribution < -0.4 is 0 Å². The van der Waals surface area contributed by atoms with Crippen molar-refractivity contribution in [2.24, 2.45) is 0 Å². The molecule has 0 saturated carbocycles. The van der Waals surface area contributed by atoms with Crippen LogP contribution in [0.25, 0.3) is 0 Å². The van der Waals surface area contributed by atoms with Gasteiger partial charge in [0.2, 0.25) is 0 Å². The van der Waals surface area contributed by atoms with Gasteiger partial charge in [-0.15, -0.1) is 0 Å². The molecule has 0 aliphatic heterocycles. The highest BCUT2D eigenvalue weighted by Crippen LogP contribution is 2.23. The molecule has 0 N–H and O–H groups in total. The van der Waals surface area contributed by atoms with Gasteiger partial charge in [-0.1, -0.05) is 13.2 Å². The van der Waals surface area contributed by atoms with Gasteiger partial charge >= 0.3 is 20.2 Å². The normalized spacial score (nSPS) is 8.75. The summed E-state index contributed by atoms with van der Waals surface area (Å²) < 4.78 is 18.7. The van der Waals surface area contributed by atoms with Gasteiger partial charge in [-0.05, 0) is 0 Å². The SMILES string of the molecule is C=CC(=O)O[PH](=O)OC(=O)C=C. The van der Waals surface area contributed by atoms with E-state index in [9.17, 15) is 14.2 Å². The van der Waals surface area contributed by atoms with Crippen LogP contribution in [0.5, 0.6) is 0 Å². The fourth-order valence-corrected chi connectivity index (χ4v) is 0.805. The molecule has 6 heteroatoms. The summed E-state index contributed by atoms with van der Waals surface area (Å²) in [5.74, 6) is -1.81. The first-order valence-electron chi connectivity index (χ1n) is 2.82. The summed E-state index contributed by atoms with van der Waals surface area (Å²) in [6.07, 6.45) is 1.62. The lowest BCUT2D eigenvalue weighted by atomic mass is 10.7. The van der Waals surface area contributed by atoms with Crippen LogP contribution in [0, 0.1) is 0 Å². The van der Waals surface area contributed by atoms with Crippen molar-refractivity contribution in [2.45, 2.75) is 0 Å². The second kappa shape index (κ2) is 5.32. The van der Waals surface area contributed by atoms with E-state index < -0.39 is 20.2 Å². The Kier molecular flexibility index (Phi) is 4.72. The Bertz CT molecular complexity index is 220. The van der Waals surface area contributed by atoms with Gasteiger partial charge in [0.15, 0.2) is 0 Å². The molecule has 5 nitrogen and oxygen atoms in total. The molecule has 0 aromatic carbocycles. The van der Waals surface area contributed by atoms with Crippen molar-refractivity contribution in [3.8, 4) is 0 Å². The van der Waals surface area contributed by atoms with Crippen molar-refractivity contribution in [3.63, 3.8) is 0 Å². The third-order valence-corrected chi connectivity index (χ3v) is 1.44. The zero-order chi connectivity index (χ0) is 9.56. The molecule has 0 rings (SSSR count). The predicted octanol–water partition coefficient (Wildman–Crippen LogP) is 0.834. The molecule has 0 aromatic rings. The summed E-state index contributed by atoms with van der Waals surface area (Å²) >= 11 is 0. The third kappa shape index (κ3) is 4.46. The van der Waals surface area contributed by atoms with Gasteiger partial charge in [-0.2, -0.15) is 0 Å². The summed E-state index contributed by atoms with van der Waals surface area (Å²) in [5, 5.41) is 0. The molecule has 0 aliphatic rings. The Labute approximate surface area is 69.6 Å². The maximum Gasteiger partial charge on any atom is 0.423 e. The van der Waals surface area contributed by atoms with E-state index in [1.165, 1.54) is 0 Å². The van der Waals surface area contributed by atoms with Crippen LogP contribution in [0.15, 0.2) is 25.3 Å². The Hall–Kier alpha value is -1.35. The molecular weight excluding hydrogens is 183 g/mol. The highest BCUT2D eigenvalue weighted by molar-refractivity contribution is 7.34. The number of hydrogen-bond acceptors (Lipinski definition) is 5. The maximum absolute atomic E-state index is 10.6. The monoisotopic (exact) mass is 190 g/mol. The van der Waals surface area contributed by atoms with E-state index in [4.69, 9.17) is 0 Å². The van der Waals surface area contributed by atoms with Crippen LogP contribution in [0.3, 0.4) is 0 Å². The van der Waals surface area contributed by atoms with E-state index >= 15 is 0 Å². The largest absolute Gasteiger partial charge is 0.423 e. The van der Waals surface area contributed by atoms with Gasteiger partial charge in [0.1, 0.15) is 0 Å². The Morgan fingerprint density at radius 3 is 1.67 bits per heavy atom. The predicted molar refractivity (Wildman–Crippen MR) is 41.6 cm³/mol. The second-order valence-corrected chi connectivity index (χ2v) is 2.41. The minimum absolute atomic E-state index is 0.810. The molecule has 0 unspecified atom stereocenters. The van der Waals surface area contributed by atoms with Crippen LogP contribution in [-0.2, 0) is 23.2 Å². The quantitative estimate of drug-likeness (QED) is 0.485. The topological polar surface area (TPSA) is 69.7 Å². The molecule has 0 aromatic heterocycles. The van der Waals surface area contributed by atoms with Crippen molar-refractivity contribution in [1.82, 2.24) is 0 Å². The fourth-order valence-electron chi connectivity index (χ4n) is 0.268. The highest BCUT2D eigenvalue weighted by atomic mass is 31.1. The molecule has 0 bridgehead atoms. The molecule has 12 heavy (non-hydrogen) atoms. The first-order chi connectivity index (χ1) is 5.60. The average Bonchev–Trinajstić information content (AvgIpc) is 2.03. The van der Waals surface area contributed by atoms with E-state index in [-0.39, 0.29) is 0 Å². The maximum atomic E-state index is 10.6. The van der Waals surface area contributed by atoms with Gasteiger partial charge in [0.05, 0.1) is 0 Å². The summed E-state index contributed by atoms with van der Waals surface area (Å²) in [4.78, 5) is 20.7. The molecule has 0 saturated heterocycles. The van der Waals surface area contributed by atoms with Crippen molar-refractivity contribution < 1.29 is 23.2 Å². The van der Waals surface area contributed by atoms with Crippen LogP contribution in [-0.4, -0.2) is 11.9 Å². The molecule has 0 heterocycles. The lowest BCUT2D eigenvalue weighted by Crippen LogP contribution is -1.97. The minimum atomic E-state index is -3.10. The first-order valence-corrected chi connectivity index (χ1v) is 4.05. The lowest BCUT2D eigenvalue weighted by molar-refractivity contribution is -0.132. The van der Waals surface area contributed by atoms with Crippen molar-refractivity contribution in [1.29, 1.82) is 0 Å². The van der Waals surface area contributed by atoms with Crippen molar-refractivity contribution in [2.75, 3.05) is 0 Å². The first kappa shape index (κ1) is 10.7. The summed E-state index contributed by atoms with van der Waals surface area (Å²) in [7, 11) is -3.10. The van der Waals surface area contributed by atoms with E-state index in [1.807, 2.05) is 0 Å². The van der Waals surface area contributed by atoms with Crippen molar-refractivity contribution >= 4 is 20.2 Å². The third-order valence-electron chi connectivity index (χ3n) is 0.701. The molecule has 0 amide bonds. The molecule has 0 atom stereocenters. The zero-order valence-corrected chi connectivity index (χ0v) is 7.11. The number of carbonyl (C=O) groups is 2.